The van der Waals surface area contributed by atoms with Crippen LogP contribution in [0.4, 0.5) is 11.4 Å². The van der Waals surface area contributed by atoms with Crippen LogP contribution in [0.15, 0.2) is 71.6 Å². The van der Waals surface area contributed by atoms with E-state index in [1.807, 2.05) is 0 Å². The predicted octanol–water partition coefficient (Wildman–Crippen LogP) is 5.08. The first-order valence-electron chi connectivity index (χ1n) is 8.72. The molecular weight excluding hydrogens is 447 g/mol. The number of anilines is 2. The molecular formula is C21H18Cl2N2O4S. The lowest BCUT2D eigenvalue weighted by Crippen LogP contribution is -2.27. The summed E-state index contributed by atoms with van der Waals surface area (Å²) in [6.45, 7) is 0. The highest BCUT2D eigenvalue weighted by Gasteiger charge is 2.24. The quantitative estimate of drug-likeness (QED) is 0.551. The maximum atomic E-state index is 13.1. The molecule has 0 aromatic heterocycles. The van der Waals surface area contributed by atoms with E-state index in [9.17, 15) is 13.2 Å². The third-order valence-corrected chi connectivity index (χ3v) is 6.84. The number of hydrogen-bond acceptors (Lipinski definition) is 4. The summed E-state index contributed by atoms with van der Waals surface area (Å²) in [5, 5.41) is 3.11. The Morgan fingerprint density at radius 2 is 1.63 bits per heavy atom. The molecule has 3 rings (SSSR count). The van der Waals surface area contributed by atoms with Crippen LogP contribution < -0.4 is 14.4 Å². The number of sulfonamides is 1. The zero-order chi connectivity index (χ0) is 21.9. The molecule has 0 aliphatic heterocycles. The Kier molecular flexibility index (Phi) is 6.55. The fraction of sp³-hybridized carbons (Fsp3) is 0.0952. The van der Waals surface area contributed by atoms with E-state index in [0.29, 0.717) is 22.1 Å². The minimum atomic E-state index is -3.94. The van der Waals surface area contributed by atoms with Crippen molar-refractivity contribution in [2.75, 3.05) is 23.8 Å². The van der Waals surface area contributed by atoms with Crippen molar-refractivity contribution in [1.82, 2.24) is 0 Å². The summed E-state index contributed by atoms with van der Waals surface area (Å²) < 4.78 is 32.4. The van der Waals surface area contributed by atoms with Gasteiger partial charge >= 0.3 is 0 Å². The smallest absolute Gasteiger partial charge is 0.264 e. The molecule has 30 heavy (non-hydrogen) atoms. The topological polar surface area (TPSA) is 75.7 Å². The molecule has 0 saturated heterocycles. The minimum absolute atomic E-state index is 0.0146. The van der Waals surface area contributed by atoms with Gasteiger partial charge < -0.3 is 10.1 Å². The molecule has 0 atom stereocenters. The largest absolute Gasteiger partial charge is 0.497 e. The summed E-state index contributed by atoms with van der Waals surface area (Å²) in [4.78, 5) is 12.6. The Hall–Kier alpha value is -2.74. The molecule has 0 spiro atoms. The van der Waals surface area contributed by atoms with Gasteiger partial charge in [0.2, 0.25) is 0 Å². The minimum Gasteiger partial charge on any atom is -0.497 e. The van der Waals surface area contributed by atoms with E-state index in [2.05, 4.69) is 5.32 Å². The highest BCUT2D eigenvalue weighted by atomic mass is 35.5. The molecule has 0 aliphatic carbocycles. The fourth-order valence-corrected chi connectivity index (χ4v) is 4.29. The molecule has 0 radical (unpaired) electrons. The number of ether oxygens (including phenoxy) is 1. The Morgan fingerprint density at radius 3 is 2.27 bits per heavy atom. The van der Waals surface area contributed by atoms with Crippen molar-refractivity contribution in [2.45, 2.75) is 4.90 Å². The first-order chi connectivity index (χ1) is 14.2. The van der Waals surface area contributed by atoms with Crippen molar-refractivity contribution >= 4 is 50.5 Å². The van der Waals surface area contributed by atoms with Gasteiger partial charge in [-0.25, -0.2) is 8.42 Å². The summed E-state index contributed by atoms with van der Waals surface area (Å²) in [5.41, 5.74) is 0.845. The van der Waals surface area contributed by atoms with Gasteiger partial charge in [-0.1, -0.05) is 35.3 Å². The van der Waals surface area contributed by atoms with Crippen LogP contribution in [0.5, 0.6) is 5.75 Å². The van der Waals surface area contributed by atoms with Gasteiger partial charge in [0.1, 0.15) is 5.75 Å². The van der Waals surface area contributed by atoms with Gasteiger partial charge in [-0.15, -0.1) is 0 Å². The van der Waals surface area contributed by atoms with Gasteiger partial charge in [-0.05, 0) is 54.6 Å². The van der Waals surface area contributed by atoms with E-state index < -0.39 is 15.9 Å². The van der Waals surface area contributed by atoms with Gasteiger partial charge in [-0.3, -0.25) is 9.10 Å². The van der Waals surface area contributed by atoms with E-state index in [1.54, 1.807) is 48.5 Å². The van der Waals surface area contributed by atoms with Crippen molar-refractivity contribution in [2.24, 2.45) is 0 Å². The van der Waals surface area contributed by atoms with Crippen molar-refractivity contribution in [3.63, 3.8) is 0 Å². The van der Waals surface area contributed by atoms with Crippen LogP contribution in [-0.2, 0) is 10.0 Å². The van der Waals surface area contributed by atoms with E-state index in [-0.39, 0.29) is 15.5 Å². The zero-order valence-electron chi connectivity index (χ0n) is 16.1. The van der Waals surface area contributed by atoms with Gasteiger partial charge in [0.25, 0.3) is 15.9 Å². The number of nitrogens with one attached hydrogen (secondary N) is 1. The molecule has 0 bridgehead atoms. The molecule has 0 fully saturated rings. The number of amides is 1. The molecule has 3 aromatic carbocycles. The van der Waals surface area contributed by atoms with E-state index in [4.69, 9.17) is 27.9 Å². The van der Waals surface area contributed by atoms with Gasteiger partial charge in [0.05, 0.1) is 39.0 Å². The second-order valence-corrected chi connectivity index (χ2v) is 9.03. The Balaban J connectivity index is 1.92. The number of benzene rings is 3. The molecule has 0 saturated carbocycles. The van der Waals surface area contributed by atoms with Crippen molar-refractivity contribution in [3.8, 4) is 5.75 Å². The zero-order valence-corrected chi connectivity index (χ0v) is 18.4. The molecule has 1 N–H and O–H groups in total. The number of carbonyl (C=O) groups is 1. The van der Waals surface area contributed by atoms with Crippen LogP contribution in [0, 0.1) is 0 Å². The van der Waals surface area contributed by atoms with Crippen molar-refractivity contribution in [1.29, 1.82) is 0 Å². The van der Waals surface area contributed by atoms with Crippen LogP contribution in [0.1, 0.15) is 10.4 Å². The molecule has 9 heteroatoms. The summed E-state index contributed by atoms with van der Waals surface area (Å²) in [5.74, 6) is 0.0341. The maximum absolute atomic E-state index is 13.1. The number of para-hydroxylation sites is 1. The molecule has 0 heterocycles. The monoisotopic (exact) mass is 464 g/mol. The Labute approximate surface area is 185 Å². The SMILES string of the molecule is COc1ccc(N(C)S(=O)(=O)c2ccc(Cl)c(C(=O)Nc3ccccc3Cl)c2)cc1. The van der Waals surface area contributed by atoms with Crippen LogP contribution >= 0.6 is 23.2 Å². The summed E-state index contributed by atoms with van der Waals surface area (Å²) >= 11 is 12.2. The Bertz CT molecular complexity index is 1180. The van der Waals surface area contributed by atoms with Crippen LogP contribution in [0.25, 0.3) is 0 Å². The van der Waals surface area contributed by atoms with Crippen molar-refractivity contribution in [3.05, 3.63) is 82.3 Å². The van der Waals surface area contributed by atoms with Crippen LogP contribution in [-0.4, -0.2) is 28.5 Å². The number of rotatable bonds is 6. The summed E-state index contributed by atoms with van der Waals surface area (Å²) in [6, 6.07) is 17.2. The first kappa shape index (κ1) is 22.0. The standard InChI is InChI=1S/C21H18Cl2N2O4S/c1-25(14-7-9-15(29-2)10-8-14)30(27,28)16-11-12-18(22)17(13-16)21(26)24-20-6-4-3-5-19(20)23/h3-13H,1-2H3,(H,24,26). The molecule has 1 amide bonds. The lowest BCUT2D eigenvalue weighted by Gasteiger charge is -2.20. The number of carbonyl (C=O) groups excluding carboxylic acids is 1. The average Bonchev–Trinajstić information content (AvgIpc) is 2.75. The third kappa shape index (κ3) is 4.53. The van der Waals surface area contributed by atoms with Crippen LogP contribution in [0.3, 0.4) is 0 Å². The lowest BCUT2D eigenvalue weighted by molar-refractivity contribution is 0.102. The molecule has 0 aliphatic rings. The van der Waals surface area contributed by atoms with Gasteiger partial charge in [0, 0.05) is 7.05 Å². The lowest BCUT2D eigenvalue weighted by atomic mass is 10.2. The number of methoxy groups -OCH3 is 1. The highest BCUT2D eigenvalue weighted by Crippen LogP contribution is 2.28. The van der Waals surface area contributed by atoms with Crippen molar-refractivity contribution < 1.29 is 17.9 Å². The normalized spacial score (nSPS) is 11.1. The van der Waals surface area contributed by atoms with Gasteiger partial charge in [-0.2, -0.15) is 0 Å². The van der Waals surface area contributed by atoms with Crippen LogP contribution in [0.2, 0.25) is 10.0 Å². The molecule has 3 aromatic rings. The van der Waals surface area contributed by atoms with E-state index >= 15 is 0 Å². The number of halogens is 2. The summed E-state index contributed by atoms with van der Waals surface area (Å²) in [6.07, 6.45) is 0. The fourth-order valence-electron chi connectivity index (χ4n) is 2.68. The highest BCUT2D eigenvalue weighted by molar-refractivity contribution is 7.92. The molecule has 6 nitrogen and oxygen atoms in total. The van der Waals surface area contributed by atoms with Gasteiger partial charge in [0.15, 0.2) is 0 Å². The average molecular weight is 465 g/mol. The first-order valence-corrected chi connectivity index (χ1v) is 10.9. The third-order valence-electron chi connectivity index (χ3n) is 4.40. The summed E-state index contributed by atoms with van der Waals surface area (Å²) in [7, 11) is -0.986. The maximum Gasteiger partial charge on any atom is 0.264 e. The van der Waals surface area contributed by atoms with E-state index in [0.717, 1.165) is 4.31 Å². The van der Waals surface area contributed by atoms with E-state index in [1.165, 1.54) is 32.4 Å². The molecule has 156 valence electrons. The second-order valence-electron chi connectivity index (χ2n) is 6.25. The Morgan fingerprint density at radius 1 is 0.967 bits per heavy atom. The second kappa shape index (κ2) is 8.95. The predicted molar refractivity (Wildman–Crippen MR) is 119 cm³/mol. The number of nitrogens with zero attached hydrogens (tertiary/aromatic N) is 1. The number of hydrogen-bond donors (Lipinski definition) is 1. The molecule has 0 unspecified atom stereocenters.